The quantitative estimate of drug-likeness (QED) is 0.0872. The number of alkyl carbamates (subject to hydrolysis) is 1. The number of hydrogen-bond acceptors (Lipinski definition) is 5. The second-order valence-corrected chi connectivity index (χ2v) is 19.7. The van der Waals surface area contributed by atoms with Crippen LogP contribution >= 0.6 is 7.26 Å². The van der Waals surface area contributed by atoms with Gasteiger partial charge in [0.2, 0.25) is 0 Å². The SMILES string of the molecule is CC(NC(=O)OCC1c2ccccc2-c2ccccc21)C(=O)OCc1ccc(OCc2ccc(-c3ccc([PH](c4ccccc4)(c4ccccc4)c4ccccc4)cc3)cc2)cc1. The van der Waals surface area contributed by atoms with Crippen LogP contribution in [-0.2, 0) is 27.5 Å². The molecule has 0 aliphatic heterocycles. The van der Waals surface area contributed by atoms with E-state index in [9.17, 15) is 9.59 Å². The molecule has 1 N–H and O–H groups in total. The maximum atomic E-state index is 12.8. The molecule has 0 bridgehead atoms. The van der Waals surface area contributed by atoms with Crippen molar-refractivity contribution in [2.75, 3.05) is 6.61 Å². The number of carbonyl (C=O) groups is 2. The Morgan fingerprint density at radius 3 is 1.44 bits per heavy atom. The Bertz CT molecular complexity index is 2650. The van der Waals surface area contributed by atoms with Crippen LogP contribution < -0.4 is 31.3 Å². The van der Waals surface area contributed by atoms with Gasteiger partial charge in [-0.05, 0) is 34.7 Å². The molecule has 8 aromatic carbocycles. The third-order valence-corrected chi connectivity index (χ3v) is 16.8. The number of esters is 1. The van der Waals surface area contributed by atoms with Crippen molar-refractivity contribution in [1.82, 2.24) is 5.32 Å². The van der Waals surface area contributed by atoms with Crippen molar-refractivity contribution in [3.8, 4) is 28.0 Å². The third-order valence-electron chi connectivity index (χ3n) is 12.0. The van der Waals surface area contributed by atoms with Crippen molar-refractivity contribution in [2.24, 2.45) is 0 Å². The van der Waals surface area contributed by atoms with Crippen molar-refractivity contribution < 1.29 is 23.8 Å². The average molecular weight is 846 g/mol. The van der Waals surface area contributed by atoms with E-state index < -0.39 is 25.4 Å². The molecular formula is C56H48NO5P. The predicted molar refractivity (Wildman–Crippen MR) is 256 cm³/mol. The van der Waals surface area contributed by atoms with Gasteiger partial charge in [-0.1, -0.05) is 60.7 Å². The van der Waals surface area contributed by atoms with Gasteiger partial charge < -0.3 is 14.8 Å². The number of fused-ring (bicyclic) bond motifs is 3. The van der Waals surface area contributed by atoms with E-state index in [-0.39, 0.29) is 19.1 Å². The molecule has 1 aliphatic rings. The zero-order valence-electron chi connectivity index (χ0n) is 35.0. The zero-order chi connectivity index (χ0) is 43.0. The van der Waals surface area contributed by atoms with Gasteiger partial charge in [-0.25, -0.2) is 9.59 Å². The fourth-order valence-electron chi connectivity index (χ4n) is 8.77. The Labute approximate surface area is 369 Å². The molecule has 1 atom stereocenters. The molecule has 312 valence electrons. The molecule has 8 aromatic rings. The van der Waals surface area contributed by atoms with Crippen LogP contribution in [0.15, 0.2) is 212 Å². The van der Waals surface area contributed by atoms with Gasteiger partial charge in [0.05, 0.1) is 0 Å². The molecule has 63 heavy (non-hydrogen) atoms. The van der Waals surface area contributed by atoms with Crippen molar-refractivity contribution in [2.45, 2.75) is 32.1 Å². The Hall–Kier alpha value is -7.27. The van der Waals surface area contributed by atoms with E-state index in [2.05, 4.69) is 169 Å². The minimum Gasteiger partial charge on any atom is -0.0519 e. The molecule has 0 heterocycles. The summed E-state index contributed by atoms with van der Waals surface area (Å²) in [4.78, 5) is 25.5. The van der Waals surface area contributed by atoms with Gasteiger partial charge in [-0.3, -0.25) is 0 Å². The fourth-order valence-corrected chi connectivity index (χ4v) is 13.5. The first kappa shape index (κ1) is 41.1. The van der Waals surface area contributed by atoms with E-state index >= 15 is 0 Å². The van der Waals surface area contributed by atoms with Gasteiger partial charge in [0.1, 0.15) is 19.3 Å². The molecule has 0 aromatic heterocycles. The average Bonchev–Trinajstić information content (AvgIpc) is 3.67. The van der Waals surface area contributed by atoms with Crippen LogP contribution in [0.1, 0.15) is 35.1 Å². The summed E-state index contributed by atoms with van der Waals surface area (Å²) in [5.41, 5.74) is 8.69. The van der Waals surface area contributed by atoms with Crippen LogP contribution in [-0.4, -0.2) is 24.7 Å². The summed E-state index contributed by atoms with van der Waals surface area (Å²) in [6.45, 7) is 2.22. The molecule has 1 aliphatic carbocycles. The molecule has 0 fully saturated rings. The first-order valence-corrected chi connectivity index (χ1v) is 23.3. The van der Waals surface area contributed by atoms with E-state index in [1.807, 2.05) is 48.5 Å². The Balaban J connectivity index is 0.773. The molecule has 6 nitrogen and oxygen atoms in total. The van der Waals surface area contributed by atoms with Crippen LogP contribution in [0.5, 0.6) is 5.75 Å². The van der Waals surface area contributed by atoms with Gasteiger partial charge in [0.15, 0.2) is 0 Å². The monoisotopic (exact) mass is 845 g/mol. The number of hydrogen-bond donors (Lipinski definition) is 1. The zero-order valence-corrected chi connectivity index (χ0v) is 36.0. The van der Waals surface area contributed by atoms with Crippen LogP contribution in [0.4, 0.5) is 4.79 Å². The summed E-state index contributed by atoms with van der Waals surface area (Å²) < 4.78 is 17.2. The number of ether oxygens (including phenoxy) is 3. The third kappa shape index (κ3) is 8.77. The standard InChI is InChI=1S/C56H48NO5P/c1-40(57-56(59)62-39-54-52-23-13-11-21-50(52)51-22-12-14-24-53(51)54)55(58)61-38-42-27-33-45(34-28-42)60-37-41-25-29-43(30-26-41)44-31-35-49(36-32-44)63(46-15-5-2-6-16-46,47-17-7-3-8-18-47)48-19-9-4-10-20-48/h2-36,40,54,63H,37-39H2,1H3,(H,57,59). The normalized spacial score (nSPS) is 12.7. The second kappa shape index (κ2) is 18.8. The molecule has 0 spiro atoms. The molecule has 1 amide bonds. The molecule has 0 saturated carbocycles. The molecule has 1 unspecified atom stereocenters. The van der Waals surface area contributed by atoms with Crippen LogP contribution in [0.3, 0.4) is 0 Å². The van der Waals surface area contributed by atoms with Crippen molar-refractivity contribution in [3.05, 3.63) is 235 Å². The summed E-state index contributed by atoms with van der Waals surface area (Å²) >= 11 is 0. The van der Waals surface area contributed by atoms with E-state index in [0.717, 1.165) is 44.5 Å². The molecule has 9 rings (SSSR count). The number of benzene rings is 8. The van der Waals surface area contributed by atoms with Gasteiger partial charge in [0, 0.05) is 5.92 Å². The van der Waals surface area contributed by atoms with Gasteiger partial charge >= 0.3 is 226 Å². The van der Waals surface area contributed by atoms with Crippen LogP contribution in [0, 0.1) is 0 Å². The van der Waals surface area contributed by atoms with Gasteiger partial charge in [-0.2, -0.15) is 0 Å². The summed E-state index contributed by atoms with van der Waals surface area (Å²) in [5.74, 6) is 0.0882. The number of amides is 1. The Morgan fingerprint density at radius 2 is 0.921 bits per heavy atom. The second-order valence-electron chi connectivity index (χ2n) is 15.9. The summed E-state index contributed by atoms with van der Waals surface area (Å²) in [6.07, 6.45) is -0.666. The van der Waals surface area contributed by atoms with Gasteiger partial charge in [-0.15, -0.1) is 0 Å². The molecular weight excluding hydrogens is 798 g/mol. The van der Waals surface area contributed by atoms with Gasteiger partial charge in [0.25, 0.3) is 0 Å². The topological polar surface area (TPSA) is 73.9 Å². The van der Waals surface area contributed by atoms with E-state index in [1.54, 1.807) is 6.92 Å². The van der Waals surface area contributed by atoms with E-state index in [1.165, 1.54) is 21.2 Å². The molecule has 0 radical (unpaired) electrons. The Morgan fingerprint density at radius 1 is 0.492 bits per heavy atom. The number of rotatable bonds is 14. The molecule has 7 heteroatoms. The fraction of sp³-hybridized carbons (Fsp3) is 0.107. The first-order chi connectivity index (χ1) is 31.0. The number of carbonyl (C=O) groups excluding carboxylic acids is 2. The smallest absolute Gasteiger partial charge is 0.0519 e. The minimum atomic E-state index is -2.58. The van der Waals surface area contributed by atoms with E-state index in [0.29, 0.717) is 12.4 Å². The summed E-state index contributed by atoms with van der Waals surface area (Å²) in [5, 5.41) is 8.00. The van der Waals surface area contributed by atoms with Crippen LogP contribution in [0.25, 0.3) is 22.3 Å². The summed E-state index contributed by atoms with van der Waals surface area (Å²) in [6, 6.07) is 73.4. The first-order valence-electron chi connectivity index (χ1n) is 21.3. The van der Waals surface area contributed by atoms with Crippen molar-refractivity contribution in [1.29, 1.82) is 0 Å². The minimum absolute atomic E-state index is 0.0617. The Kier molecular flexibility index (Phi) is 12.3. The molecule has 0 saturated heterocycles. The van der Waals surface area contributed by atoms with E-state index in [4.69, 9.17) is 14.2 Å². The van der Waals surface area contributed by atoms with Crippen LogP contribution in [0.2, 0.25) is 0 Å². The van der Waals surface area contributed by atoms with Crippen molar-refractivity contribution >= 4 is 40.5 Å². The predicted octanol–water partition coefficient (Wildman–Crippen LogP) is 10.3. The number of nitrogens with one attached hydrogen (secondary N) is 1. The maximum absolute atomic E-state index is 12.8. The van der Waals surface area contributed by atoms with Crippen molar-refractivity contribution in [3.63, 3.8) is 0 Å². The summed E-state index contributed by atoms with van der Waals surface area (Å²) in [7, 11) is -2.58.